The van der Waals surface area contributed by atoms with Crippen molar-refractivity contribution in [3.63, 3.8) is 0 Å². The van der Waals surface area contributed by atoms with Crippen molar-refractivity contribution in [2.45, 2.75) is 35.5 Å². The van der Waals surface area contributed by atoms with E-state index in [2.05, 4.69) is 31.9 Å². The number of benzene rings is 3. The van der Waals surface area contributed by atoms with Crippen molar-refractivity contribution in [3.8, 4) is 11.3 Å². The summed E-state index contributed by atoms with van der Waals surface area (Å²) in [4.78, 5) is 59.1. The van der Waals surface area contributed by atoms with Crippen LogP contribution in [-0.4, -0.2) is 44.3 Å². The molecule has 2 aliphatic rings. The van der Waals surface area contributed by atoms with Crippen LogP contribution in [0, 0.1) is 11.8 Å². The molecule has 4 aromatic rings. The lowest BCUT2D eigenvalue weighted by atomic mass is 9.81. The Morgan fingerprint density at radius 3 is 2.16 bits per heavy atom. The minimum absolute atomic E-state index is 0.127. The summed E-state index contributed by atoms with van der Waals surface area (Å²) in [7, 11) is 0. The lowest BCUT2D eigenvalue weighted by molar-refractivity contribution is -0.122. The number of fused-ring (bicyclic) bond motifs is 2. The van der Waals surface area contributed by atoms with Gasteiger partial charge in [-0.15, -0.1) is 0 Å². The van der Waals surface area contributed by atoms with E-state index in [0.29, 0.717) is 51.3 Å². The molecule has 1 aromatic heterocycles. The van der Waals surface area contributed by atoms with Crippen LogP contribution in [0.4, 0.5) is 5.69 Å². The van der Waals surface area contributed by atoms with Crippen LogP contribution in [0.15, 0.2) is 78.9 Å². The fourth-order valence-electron chi connectivity index (χ4n) is 5.76. The molecule has 0 N–H and O–H groups in total. The van der Waals surface area contributed by atoms with Gasteiger partial charge in [-0.05, 0) is 56.2 Å². The third-order valence-electron chi connectivity index (χ3n) is 8.03. The second-order valence-electron chi connectivity index (χ2n) is 10.8. The van der Waals surface area contributed by atoms with Gasteiger partial charge in [-0.25, -0.2) is 9.78 Å². The number of hydrogen-bond acceptors (Lipinski definition) is 6. The van der Waals surface area contributed by atoms with E-state index in [-0.39, 0.29) is 44.7 Å². The number of hydrogen-bond donors (Lipinski definition) is 0. The normalized spacial score (nSPS) is 22.4. The van der Waals surface area contributed by atoms with E-state index in [4.69, 9.17) is 21.3 Å². The van der Waals surface area contributed by atoms with E-state index in [1.165, 1.54) is 11.8 Å². The number of pyridine rings is 1. The number of carbonyl (C=O) groups excluding carboxylic acids is 4. The van der Waals surface area contributed by atoms with E-state index >= 15 is 0 Å². The number of esters is 1. The minimum Gasteiger partial charge on any atom is -0.451 e. The second kappa shape index (κ2) is 11.9. The van der Waals surface area contributed by atoms with Crippen LogP contribution < -0.4 is 4.90 Å². The summed E-state index contributed by atoms with van der Waals surface area (Å²) in [5, 5.41) is 0.912. The van der Waals surface area contributed by atoms with Crippen LogP contribution in [-0.2, 0) is 14.3 Å². The number of amides is 2. The molecular formula is C33H25Br2ClN2O5. The molecule has 5 atom stereocenters. The monoisotopic (exact) mass is 722 g/mol. The van der Waals surface area contributed by atoms with E-state index in [1.54, 1.807) is 78.9 Å². The molecule has 2 amide bonds. The van der Waals surface area contributed by atoms with Crippen LogP contribution in [0.3, 0.4) is 0 Å². The smallest absolute Gasteiger partial charge is 0.339 e. The summed E-state index contributed by atoms with van der Waals surface area (Å²) < 4.78 is 5.62. The van der Waals surface area contributed by atoms with Gasteiger partial charge in [0.25, 0.3) is 0 Å². The van der Waals surface area contributed by atoms with Crippen molar-refractivity contribution in [3.05, 3.63) is 95.0 Å². The van der Waals surface area contributed by atoms with Gasteiger partial charge in [0.2, 0.25) is 17.6 Å². The zero-order valence-corrected chi connectivity index (χ0v) is 26.8. The third kappa shape index (κ3) is 5.66. The molecule has 0 radical (unpaired) electrons. The lowest BCUT2D eigenvalue weighted by Gasteiger charge is -2.29. The highest BCUT2D eigenvalue weighted by atomic mass is 79.9. The topological polar surface area (TPSA) is 93.6 Å². The van der Waals surface area contributed by atoms with Crippen molar-refractivity contribution in [2.75, 3.05) is 4.90 Å². The Bertz CT molecular complexity index is 1740. The van der Waals surface area contributed by atoms with Gasteiger partial charge in [0, 0.05) is 31.2 Å². The van der Waals surface area contributed by atoms with Crippen LogP contribution in [0.2, 0.25) is 5.02 Å². The molecule has 2 fully saturated rings. The Hall–Kier alpha value is -3.40. The number of Topliss-reactive ketones (excluding diaryl/α,β-unsaturated/α-hetero) is 1. The average Bonchev–Trinajstić information content (AvgIpc) is 3.24. The van der Waals surface area contributed by atoms with E-state index in [9.17, 15) is 19.2 Å². The Labute approximate surface area is 269 Å². The molecule has 2 heterocycles. The van der Waals surface area contributed by atoms with E-state index < -0.39 is 12.1 Å². The molecule has 218 valence electrons. The predicted octanol–water partition coefficient (Wildman–Crippen LogP) is 7.41. The Balaban J connectivity index is 1.30. The number of ketones is 1. The molecule has 1 aliphatic carbocycles. The van der Waals surface area contributed by atoms with Crippen molar-refractivity contribution in [1.29, 1.82) is 0 Å². The number of nitrogens with zero attached hydrogens (tertiary/aromatic N) is 2. The van der Waals surface area contributed by atoms with Crippen LogP contribution in [0.5, 0.6) is 0 Å². The molecule has 43 heavy (non-hydrogen) atoms. The molecule has 7 nitrogen and oxygen atoms in total. The van der Waals surface area contributed by atoms with Crippen molar-refractivity contribution in [2.24, 2.45) is 11.8 Å². The summed E-state index contributed by atoms with van der Waals surface area (Å²) in [5.74, 6) is -2.05. The molecule has 1 saturated carbocycles. The average molecular weight is 725 g/mol. The molecule has 5 unspecified atom stereocenters. The van der Waals surface area contributed by atoms with Crippen molar-refractivity contribution < 1.29 is 23.9 Å². The first-order valence-corrected chi connectivity index (χ1v) is 16.0. The van der Waals surface area contributed by atoms with Crippen molar-refractivity contribution >= 4 is 83.6 Å². The number of anilines is 1. The summed E-state index contributed by atoms with van der Waals surface area (Å²) >= 11 is 13.5. The first kappa shape index (κ1) is 29.7. The van der Waals surface area contributed by atoms with Crippen LogP contribution in [0.1, 0.15) is 40.5 Å². The fraction of sp³-hybridized carbons (Fsp3) is 0.242. The van der Waals surface area contributed by atoms with Gasteiger partial charge < -0.3 is 4.74 Å². The number of imide groups is 1. The molecular weight excluding hydrogens is 700 g/mol. The van der Waals surface area contributed by atoms with Crippen LogP contribution in [0.25, 0.3) is 22.2 Å². The Kier molecular flexibility index (Phi) is 8.24. The number of ether oxygens (including phenoxy) is 1. The first-order valence-electron chi connectivity index (χ1n) is 13.8. The number of rotatable bonds is 6. The van der Waals surface area contributed by atoms with Crippen LogP contribution >= 0.6 is 43.5 Å². The zero-order chi connectivity index (χ0) is 30.4. The Morgan fingerprint density at radius 2 is 1.53 bits per heavy atom. The maximum atomic E-state index is 13.4. The fourth-order valence-corrected chi connectivity index (χ4v) is 7.17. The predicted molar refractivity (Wildman–Crippen MR) is 172 cm³/mol. The van der Waals surface area contributed by atoms with Gasteiger partial charge in [-0.2, -0.15) is 0 Å². The highest BCUT2D eigenvalue weighted by molar-refractivity contribution is 9.12. The quantitative estimate of drug-likeness (QED) is 0.0891. The molecule has 1 aliphatic heterocycles. The summed E-state index contributed by atoms with van der Waals surface area (Å²) in [5.41, 5.74) is 2.81. The Morgan fingerprint density at radius 1 is 0.907 bits per heavy atom. The number of alkyl halides is 2. The maximum absolute atomic E-state index is 13.4. The van der Waals surface area contributed by atoms with Gasteiger partial charge in [0.15, 0.2) is 6.10 Å². The number of aromatic nitrogens is 1. The standard InChI is InChI=1S/C33H25Br2ClN2O5/c1-17(30(39)19-5-3-2-4-6-19)43-33(42)25-16-29(37-28-12-9-20(36)13-22(25)28)18-7-10-21(11-8-18)38-31(40)23-14-26(34)27(35)15-24(23)32(38)41/h2-13,16-17,23-24,26-27H,14-15H2,1H3. The van der Waals surface area contributed by atoms with E-state index in [0.717, 1.165) is 0 Å². The summed E-state index contributed by atoms with van der Waals surface area (Å²) in [6.45, 7) is 1.54. The second-order valence-corrected chi connectivity index (χ2v) is 13.6. The molecule has 6 rings (SSSR count). The molecule has 3 aromatic carbocycles. The maximum Gasteiger partial charge on any atom is 0.339 e. The SMILES string of the molecule is CC(OC(=O)c1cc(-c2ccc(N3C(=O)C4CC(Br)C(Br)CC4C3=O)cc2)nc2ccc(Cl)cc12)C(=O)c1ccccc1. The number of carbonyl (C=O) groups is 4. The molecule has 0 bridgehead atoms. The molecule has 10 heteroatoms. The largest absolute Gasteiger partial charge is 0.451 e. The first-order chi connectivity index (χ1) is 20.6. The van der Waals surface area contributed by atoms with Gasteiger partial charge in [-0.1, -0.05) is 85.9 Å². The molecule has 0 spiro atoms. The summed E-state index contributed by atoms with van der Waals surface area (Å²) in [6, 6.07) is 22.2. The highest BCUT2D eigenvalue weighted by Gasteiger charge is 2.52. The minimum atomic E-state index is -1.01. The highest BCUT2D eigenvalue weighted by Crippen LogP contribution is 2.44. The summed E-state index contributed by atoms with van der Waals surface area (Å²) in [6.07, 6.45) is 0.178. The van der Waals surface area contributed by atoms with Gasteiger partial charge >= 0.3 is 5.97 Å². The molecule has 1 saturated heterocycles. The van der Waals surface area contributed by atoms with Gasteiger partial charge in [0.05, 0.1) is 34.3 Å². The van der Waals surface area contributed by atoms with E-state index in [1.807, 2.05) is 0 Å². The van der Waals surface area contributed by atoms with Crippen molar-refractivity contribution in [1.82, 2.24) is 4.98 Å². The third-order valence-corrected chi connectivity index (χ3v) is 11.0. The van der Waals surface area contributed by atoms with Gasteiger partial charge in [-0.3, -0.25) is 19.3 Å². The zero-order valence-electron chi connectivity index (χ0n) is 22.9. The lowest BCUT2D eigenvalue weighted by Crippen LogP contribution is -2.34. The van der Waals surface area contributed by atoms with Gasteiger partial charge in [0.1, 0.15) is 0 Å². The number of halogens is 3.